The molecule has 0 bridgehead atoms. The normalized spacial score (nSPS) is 9.22. The van der Waals surface area contributed by atoms with Crippen molar-refractivity contribution in [2.45, 2.75) is 14.4 Å². The molecule has 63 heavy (non-hydrogen) atoms. The maximum Gasteiger partial charge on any atom is 0.490 e. The highest BCUT2D eigenvalue weighted by Crippen LogP contribution is 2.23. The Morgan fingerprint density at radius 1 is 0.587 bits per heavy atom. The number of hydrogen-bond acceptors (Lipinski definition) is 18. The van der Waals surface area contributed by atoms with E-state index in [9.17, 15) is 4.79 Å². The van der Waals surface area contributed by atoms with Gasteiger partial charge in [-0.3, -0.25) is 4.79 Å². The van der Waals surface area contributed by atoms with E-state index < -0.39 is 7.12 Å². The molecule has 0 aliphatic carbocycles. The molecule has 0 atom stereocenters. The molecule has 0 aliphatic heterocycles. The SMILES string of the molecule is Br.Brc1nccs1.C.CCO.COc1ccc(-c2ccc(OC)nc2)cn1.COc1ccc(-c2nccs2)cn1.COc1ccc(B(O)O)cn1.O=c1ccc(-c2nccs2)c[nH]1. The molecular formula is C41H47BBr2N8O8S3. The van der Waals surface area contributed by atoms with Gasteiger partial charge < -0.3 is 39.1 Å². The van der Waals surface area contributed by atoms with E-state index in [1.165, 1.54) is 25.4 Å². The van der Waals surface area contributed by atoms with Gasteiger partial charge in [-0.05, 0) is 53.2 Å². The third-order valence-electron chi connectivity index (χ3n) is 6.98. The summed E-state index contributed by atoms with van der Waals surface area (Å²) in [5, 5.41) is 32.6. The number of rotatable bonds is 8. The summed E-state index contributed by atoms with van der Waals surface area (Å²) in [5.41, 5.74) is 4.23. The van der Waals surface area contributed by atoms with Crippen LogP contribution in [0.2, 0.25) is 0 Å². The fourth-order valence-electron chi connectivity index (χ4n) is 4.12. The second-order valence-electron chi connectivity index (χ2n) is 11.0. The van der Waals surface area contributed by atoms with Crippen molar-refractivity contribution in [3.63, 3.8) is 0 Å². The average molecular weight is 1050 g/mol. The molecule has 0 fully saturated rings. The van der Waals surface area contributed by atoms with Gasteiger partial charge in [0.2, 0.25) is 29.1 Å². The van der Waals surface area contributed by atoms with Crippen molar-refractivity contribution in [3.8, 4) is 55.8 Å². The fourth-order valence-corrected chi connectivity index (χ4v) is 6.18. The van der Waals surface area contributed by atoms with E-state index in [0.29, 0.717) is 29.0 Å². The van der Waals surface area contributed by atoms with Crippen molar-refractivity contribution in [1.29, 1.82) is 0 Å². The monoisotopic (exact) mass is 1040 g/mol. The Kier molecular flexibility index (Phi) is 28.4. The molecule has 0 aliphatic rings. The number of nitrogens with one attached hydrogen (secondary N) is 1. The lowest BCUT2D eigenvalue weighted by Gasteiger charge is -2.03. The third kappa shape index (κ3) is 21.0. The zero-order valence-electron chi connectivity index (χ0n) is 33.9. The van der Waals surface area contributed by atoms with Crippen LogP contribution in [0.15, 0.2) is 135 Å². The Hall–Kier alpha value is -5.46. The van der Waals surface area contributed by atoms with E-state index in [4.69, 9.17) is 34.1 Å². The Morgan fingerprint density at radius 3 is 1.27 bits per heavy atom. The molecule has 16 nitrogen and oxygen atoms in total. The highest BCUT2D eigenvalue weighted by Gasteiger charge is 2.10. The van der Waals surface area contributed by atoms with Gasteiger partial charge in [0.25, 0.3) is 0 Å². The van der Waals surface area contributed by atoms with Gasteiger partial charge in [0.15, 0.2) is 3.92 Å². The Balaban J connectivity index is 0.000000393. The maximum atomic E-state index is 10.7. The topological polar surface area (TPSA) is 221 Å². The predicted octanol–water partition coefficient (Wildman–Crippen LogP) is 7.76. The van der Waals surface area contributed by atoms with Crippen LogP contribution in [-0.4, -0.2) is 97.2 Å². The van der Waals surface area contributed by atoms with Gasteiger partial charge >= 0.3 is 7.12 Å². The van der Waals surface area contributed by atoms with Crippen LogP contribution in [0.25, 0.3) is 32.3 Å². The summed E-state index contributed by atoms with van der Waals surface area (Å²) in [5.74, 6) is 2.28. The highest BCUT2D eigenvalue weighted by molar-refractivity contribution is 9.11. The Bertz CT molecular complexity index is 2300. The van der Waals surface area contributed by atoms with Gasteiger partial charge in [0.05, 0.1) is 28.4 Å². The summed E-state index contributed by atoms with van der Waals surface area (Å²) >= 11 is 7.92. The minimum absolute atomic E-state index is 0. The lowest BCUT2D eigenvalue weighted by atomic mass is 9.82. The van der Waals surface area contributed by atoms with Gasteiger partial charge in [-0.2, -0.15) is 0 Å². The van der Waals surface area contributed by atoms with E-state index >= 15 is 0 Å². The van der Waals surface area contributed by atoms with Crippen LogP contribution >= 0.6 is 66.9 Å². The van der Waals surface area contributed by atoms with E-state index in [1.807, 2.05) is 52.5 Å². The largest absolute Gasteiger partial charge is 0.490 e. The van der Waals surface area contributed by atoms with Crippen molar-refractivity contribution in [3.05, 3.63) is 141 Å². The number of halogens is 2. The molecule has 22 heteroatoms. The minimum Gasteiger partial charge on any atom is -0.481 e. The van der Waals surface area contributed by atoms with Crippen LogP contribution < -0.4 is 30.0 Å². The first-order valence-corrected chi connectivity index (χ1v) is 21.1. The molecule has 8 rings (SSSR count). The molecule has 0 saturated carbocycles. The second kappa shape index (κ2) is 32.3. The van der Waals surface area contributed by atoms with E-state index in [2.05, 4.69) is 55.8 Å². The van der Waals surface area contributed by atoms with E-state index in [0.717, 1.165) is 36.2 Å². The molecule has 8 heterocycles. The molecule has 0 radical (unpaired) electrons. The van der Waals surface area contributed by atoms with Crippen LogP contribution in [0.3, 0.4) is 0 Å². The second-order valence-corrected chi connectivity index (χ2v) is 15.0. The van der Waals surface area contributed by atoms with Gasteiger partial charge in [0, 0.05) is 124 Å². The number of nitrogens with zero attached hydrogens (tertiary/aromatic N) is 7. The molecule has 8 aromatic rings. The molecular weight excluding hydrogens is 999 g/mol. The molecule has 0 unspecified atom stereocenters. The molecule has 334 valence electrons. The first-order valence-electron chi connectivity index (χ1n) is 17.6. The molecule has 0 amide bonds. The lowest BCUT2D eigenvalue weighted by molar-refractivity contribution is 0.318. The number of aromatic amines is 1. The molecule has 0 aromatic carbocycles. The highest BCUT2D eigenvalue weighted by atomic mass is 79.9. The van der Waals surface area contributed by atoms with Crippen LogP contribution in [0.5, 0.6) is 23.5 Å². The van der Waals surface area contributed by atoms with Crippen molar-refractivity contribution in [2.24, 2.45) is 0 Å². The summed E-state index contributed by atoms with van der Waals surface area (Å²) in [7, 11) is 4.82. The summed E-state index contributed by atoms with van der Waals surface area (Å²) < 4.78 is 20.7. The molecule has 8 aromatic heterocycles. The van der Waals surface area contributed by atoms with Gasteiger partial charge in [0.1, 0.15) is 10.0 Å². The lowest BCUT2D eigenvalue weighted by Crippen LogP contribution is -2.29. The number of pyridine rings is 5. The summed E-state index contributed by atoms with van der Waals surface area (Å²) in [4.78, 5) is 41.6. The third-order valence-corrected chi connectivity index (χ3v) is 9.95. The van der Waals surface area contributed by atoms with Crippen molar-refractivity contribution >= 4 is 79.5 Å². The number of methoxy groups -OCH3 is 4. The maximum absolute atomic E-state index is 10.7. The van der Waals surface area contributed by atoms with Crippen LogP contribution in [0, 0.1) is 0 Å². The number of thiazole rings is 3. The molecule has 0 spiro atoms. The van der Waals surface area contributed by atoms with E-state index in [1.54, 1.807) is 118 Å². The minimum atomic E-state index is -1.46. The molecule has 4 N–H and O–H groups in total. The summed E-state index contributed by atoms with van der Waals surface area (Å²) in [6.45, 7) is 1.93. The molecule has 0 saturated heterocycles. The van der Waals surface area contributed by atoms with Crippen molar-refractivity contribution in [1.82, 2.24) is 39.9 Å². The number of ether oxygens (including phenoxy) is 4. The van der Waals surface area contributed by atoms with Crippen molar-refractivity contribution < 1.29 is 34.1 Å². The number of hydrogen-bond donors (Lipinski definition) is 4. The Morgan fingerprint density at radius 2 is 0.984 bits per heavy atom. The first-order chi connectivity index (χ1) is 29.6. The standard InChI is InChI=1S/C12H12N2O2.C9H8N2OS.C8H6N2OS.C6H8BNO3.C3H2BrNS.C2H6O.CH4.BrH/c1-15-11-5-3-9(7-13-11)10-4-6-12(16-2)14-8-10;1-12-8-3-2-7(6-11-8)9-10-4-5-13-9;11-7-2-1-6(5-10-7)8-9-3-4-12-8;1-11-6-3-2-5(4-8-6)7(9)10;4-3-5-1-2-6-3;1-2-3;;/h3-8H,1-2H3;2-6H,1H3;1-5H,(H,10,11);2-4,9-10H,1H3;1-2H;3H,2H2,1H3;1H4;1H. The number of aliphatic hydroxyl groups excluding tert-OH is 1. The van der Waals surface area contributed by atoms with Crippen LogP contribution in [0.4, 0.5) is 0 Å². The van der Waals surface area contributed by atoms with E-state index in [-0.39, 0.29) is 36.6 Å². The number of H-pyrrole nitrogens is 1. The summed E-state index contributed by atoms with van der Waals surface area (Å²) in [6.07, 6.45) is 13.6. The number of aromatic nitrogens is 8. The van der Waals surface area contributed by atoms with Gasteiger partial charge in [-0.1, -0.05) is 13.5 Å². The first kappa shape index (κ1) is 55.6. The van der Waals surface area contributed by atoms with Crippen LogP contribution in [0.1, 0.15) is 14.4 Å². The number of aliphatic hydroxyl groups is 1. The van der Waals surface area contributed by atoms with Gasteiger partial charge in [-0.25, -0.2) is 34.9 Å². The van der Waals surface area contributed by atoms with Crippen LogP contribution in [-0.2, 0) is 0 Å². The predicted molar refractivity (Wildman–Crippen MR) is 261 cm³/mol. The quantitative estimate of drug-likeness (QED) is 0.107. The summed E-state index contributed by atoms with van der Waals surface area (Å²) in [6, 6.07) is 17.7. The van der Waals surface area contributed by atoms with Crippen molar-refractivity contribution in [2.75, 3.05) is 35.0 Å². The zero-order chi connectivity index (χ0) is 44.2. The van der Waals surface area contributed by atoms with Gasteiger partial charge in [-0.15, -0.1) is 51.0 Å². The Labute approximate surface area is 396 Å². The fraction of sp³-hybridized carbons (Fsp3) is 0.171. The smallest absolute Gasteiger partial charge is 0.481 e. The zero-order valence-corrected chi connectivity index (χ0v) is 39.7. The average Bonchev–Trinajstić information content (AvgIpc) is 4.14.